The van der Waals surface area contributed by atoms with Crippen LogP contribution in [0, 0.1) is 0 Å². The Morgan fingerprint density at radius 2 is 2.24 bits per heavy atom. The molecule has 0 atom stereocenters. The van der Waals surface area contributed by atoms with Crippen LogP contribution in [0.15, 0.2) is 18.2 Å². The zero-order valence-corrected chi connectivity index (χ0v) is 10.7. The van der Waals surface area contributed by atoms with Gasteiger partial charge in [-0.3, -0.25) is 0 Å². The largest absolute Gasteiger partial charge is 0.478 e. The molecule has 0 bridgehead atoms. The van der Waals surface area contributed by atoms with Crippen molar-refractivity contribution < 1.29 is 14.6 Å². The number of ether oxygens (including phenoxy) is 1. The molecule has 0 aliphatic carbocycles. The molecule has 0 fully saturated rings. The third-order valence-electron chi connectivity index (χ3n) is 2.45. The van der Waals surface area contributed by atoms with Gasteiger partial charge in [-0.05, 0) is 24.6 Å². The third kappa shape index (κ3) is 3.91. The van der Waals surface area contributed by atoms with Gasteiger partial charge in [-0.25, -0.2) is 4.79 Å². The first-order valence-electron chi connectivity index (χ1n) is 5.29. The van der Waals surface area contributed by atoms with Crippen LogP contribution in [0.25, 0.3) is 0 Å². The monoisotopic (exact) mass is 257 g/mol. The van der Waals surface area contributed by atoms with Gasteiger partial charge in [0.1, 0.15) is 0 Å². The molecule has 0 aliphatic heterocycles. The fourth-order valence-electron chi connectivity index (χ4n) is 1.52. The zero-order chi connectivity index (χ0) is 12.8. The van der Waals surface area contributed by atoms with Crippen LogP contribution >= 0.6 is 11.6 Å². The minimum Gasteiger partial charge on any atom is -0.478 e. The van der Waals surface area contributed by atoms with Gasteiger partial charge >= 0.3 is 5.97 Å². The van der Waals surface area contributed by atoms with E-state index in [2.05, 4.69) is 0 Å². The van der Waals surface area contributed by atoms with Crippen molar-refractivity contribution in [2.45, 2.75) is 6.42 Å². The molecule has 1 aromatic rings. The van der Waals surface area contributed by atoms with Gasteiger partial charge in [0.2, 0.25) is 0 Å². The Hall–Kier alpha value is -1.26. The molecule has 0 unspecified atom stereocenters. The van der Waals surface area contributed by atoms with Crippen LogP contribution in [0.1, 0.15) is 16.8 Å². The molecule has 0 aliphatic rings. The molecule has 5 heteroatoms. The number of benzene rings is 1. The number of carboxylic acid groups (broad SMARTS) is 1. The highest BCUT2D eigenvalue weighted by Gasteiger charge is 2.09. The zero-order valence-electron chi connectivity index (χ0n) is 9.94. The van der Waals surface area contributed by atoms with Gasteiger partial charge in [0.15, 0.2) is 0 Å². The maximum Gasteiger partial charge on any atom is 0.335 e. The molecule has 0 heterocycles. The molecule has 0 aromatic heterocycles. The molecule has 17 heavy (non-hydrogen) atoms. The van der Waals surface area contributed by atoms with Crippen LogP contribution in [-0.4, -0.2) is 38.4 Å². The Morgan fingerprint density at radius 3 is 2.76 bits per heavy atom. The van der Waals surface area contributed by atoms with Crippen molar-refractivity contribution >= 4 is 23.3 Å². The average molecular weight is 258 g/mol. The Labute approximate surface area is 106 Å². The molecule has 1 aromatic carbocycles. The number of hydrogen-bond donors (Lipinski definition) is 1. The number of halogens is 1. The highest BCUT2D eigenvalue weighted by atomic mass is 35.5. The summed E-state index contributed by atoms with van der Waals surface area (Å²) in [6, 6.07) is 4.74. The van der Waals surface area contributed by atoms with Crippen molar-refractivity contribution in [3.63, 3.8) is 0 Å². The van der Waals surface area contributed by atoms with E-state index in [1.54, 1.807) is 19.2 Å². The van der Waals surface area contributed by atoms with E-state index in [4.69, 9.17) is 21.4 Å². The van der Waals surface area contributed by atoms with Crippen molar-refractivity contribution in [3.05, 3.63) is 28.8 Å². The summed E-state index contributed by atoms with van der Waals surface area (Å²) in [7, 11) is 3.58. The Morgan fingerprint density at radius 1 is 1.53 bits per heavy atom. The molecular formula is C12H16ClNO3. The van der Waals surface area contributed by atoms with E-state index >= 15 is 0 Å². The lowest BCUT2D eigenvalue weighted by Crippen LogP contribution is -2.20. The number of hydrogen-bond acceptors (Lipinski definition) is 3. The van der Waals surface area contributed by atoms with Crippen LogP contribution in [0.4, 0.5) is 5.69 Å². The molecule has 94 valence electrons. The molecule has 0 radical (unpaired) electrons. The van der Waals surface area contributed by atoms with Gasteiger partial charge in [-0.15, -0.1) is 0 Å². The number of carbonyl (C=O) groups is 1. The van der Waals surface area contributed by atoms with Gasteiger partial charge < -0.3 is 14.7 Å². The summed E-state index contributed by atoms with van der Waals surface area (Å²) >= 11 is 6.04. The quantitative estimate of drug-likeness (QED) is 0.796. The third-order valence-corrected chi connectivity index (χ3v) is 2.75. The van der Waals surface area contributed by atoms with E-state index in [9.17, 15) is 4.79 Å². The number of anilines is 1. The van der Waals surface area contributed by atoms with Crippen molar-refractivity contribution in [1.29, 1.82) is 0 Å². The summed E-state index contributed by atoms with van der Waals surface area (Å²) < 4.78 is 4.97. The van der Waals surface area contributed by atoms with Gasteiger partial charge in [0, 0.05) is 27.3 Å². The fourth-order valence-corrected chi connectivity index (χ4v) is 1.84. The predicted octanol–water partition coefficient (Wildman–Crippen LogP) is 2.51. The van der Waals surface area contributed by atoms with Crippen LogP contribution in [0.3, 0.4) is 0 Å². The van der Waals surface area contributed by atoms with Crippen LogP contribution in [-0.2, 0) is 4.74 Å². The molecule has 1 N–H and O–H groups in total. The second kappa shape index (κ2) is 6.47. The van der Waals surface area contributed by atoms with Crippen LogP contribution in [0.2, 0.25) is 5.02 Å². The molecule has 4 nitrogen and oxygen atoms in total. The normalized spacial score (nSPS) is 10.3. The van der Waals surface area contributed by atoms with Crippen molar-refractivity contribution in [2.75, 3.05) is 32.2 Å². The highest BCUT2D eigenvalue weighted by Crippen LogP contribution is 2.26. The number of nitrogens with zero attached hydrogens (tertiary/aromatic N) is 1. The van der Waals surface area contributed by atoms with E-state index < -0.39 is 5.97 Å². The first-order valence-corrected chi connectivity index (χ1v) is 5.67. The summed E-state index contributed by atoms with van der Waals surface area (Å²) in [6.07, 6.45) is 0.893. The molecule has 0 saturated heterocycles. The van der Waals surface area contributed by atoms with E-state index in [-0.39, 0.29) is 5.56 Å². The lowest BCUT2D eigenvalue weighted by Gasteiger charge is -2.20. The highest BCUT2D eigenvalue weighted by molar-refractivity contribution is 6.33. The second-order valence-electron chi connectivity index (χ2n) is 3.74. The van der Waals surface area contributed by atoms with Crippen molar-refractivity contribution in [2.24, 2.45) is 0 Å². The lowest BCUT2D eigenvalue weighted by atomic mass is 10.2. The first-order chi connectivity index (χ1) is 8.06. The summed E-state index contributed by atoms with van der Waals surface area (Å²) in [5.41, 5.74) is 1.02. The Balaban J connectivity index is 2.74. The maximum atomic E-state index is 10.8. The van der Waals surface area contributed by atoms with E-state index in [0.717, 1.165) is 18.7 Å². The maximum absolute atomic E-state index is 10.8. The second-order valence-corrected chi connectivity index (χ2v) is 4.15. The van der Waals surface area contributed by atoms with E-state index in [1.807, 2.05) is 11.9 Å². The smallest absolute Gasteiger partial charge is 0.335 e. The minimum atomic E-state index is -0.972. The van der Waals surface area contributed by atoms with Crippen LogP contribution < -0.4 is 4.90 Å². The standard InChI is InChI=1S/C12H16ClNO3/c1-14(6-3-7-17-2)11-5-4-9(12(15)16)8-10(11)13/h4-5,8H,3,6-7H2,1-2H3,(H,15,16). The topological polar surface area (TPSA) is 49.8 Å². The molecule has 0 amide bonds. The molecule has 0 spiro atoms. The number of rotatable bonds is 6. The molecule has 1 rings (SSSR count). The number of methoxy groups -OCH3 is 1. The number of aromatic carboxylic acids is 1. The summed E-state index contributed by atoms with van der Waals surface area (Å²) in [6.45, 7) is 1.50. The Kier molecular flexibility index (Phi) is 5.25. The van der Waals surface area contributed by atoms with Crippen molar-refractivity contribution in [1.82, 2.24) is 0 Å². The first kappa shape index (κ1) is 13.8. The summed E-state index contributed by atoms with van der Waals surface area (Å²) in [4.78, 5) is 12.7. The summed E-state index contributed by atoms with van der Waals surface area (Å²) in [5, 5.41) is 9.27. The SMILES string of the molecule is COCCCN(C)c1ccc(C(=O)O)cc1Cl. The Bertz CT molecular complexity index is 395. The number of carboxylic acids is 1. The van der Waals surface area contributed by atoms with Gasteiger partial charge in [0.05, 0.1) is 16.3 Å². The molecular weight excluding hydrogens is 242 g/mol. The van der Waals surface area contributed by atoms with E-state index in [1.165, 1.54) is 6.07 Å². The van der Waals surface area contributed by atoms with Crippen LogP contribution in [0.5, 0.6) is 0 Å². The molecule has 0 saturated carbocycles. The van der Waals surface area contributed by atoms with Gasteiger partial charge in [-0.2, -0.15) is 0 Å². The predicted molar refractivity (Wildman–Crippen MR) is 68.2 cm³/mol. The average Bonchev–Trinajstić information content (AvgIpc) is 2.28. The minimum absolute atomic E-state index is 0.198. The summed E-state index contributed by atoms with van der Waals surface area (Å²) in [5.74, 6) is -0.972. The van der Waals surface area contributed by atoms with Gasteiger partial charge in [-0.1, -0.05) is 11.6 Å². The fraction of sp³-hybridized carbons (Fsp3) is 0.417. The van der Waals surface area contributed by atoms with Gasteiger partial charge in [0.25, 0.3) is 0 Å². The lowest BCUT2D eigenvalue weighted by molar-refractivity contribution is 0.0697. The van der Waals surface area contributed by atoms with E-state index in [0.29, 0.717) is 11.6 Å². The van der Waals surface area contributed by atoms with Crippen molar-refractivity contribution in [3.8, 4) is 0 Å².